The Kier molecular flexibility index (Phi) is 6.21. The number of nitrogens with one attached hydrogen (secondary N) is 4. The number of ether oxygens (including phenoxy) is 1. The van der Waals surface area contributed by atoms with Crippen molar-refractivity contribution >= 4 is 49.7 Å². The van der Waals surface area contributed by atoms with Crippen molar-refractivity contribution in [3.05, 3.63) is 70.0 Å². The number of amides is 2. The maximum absolute atomic E-state index is 13.3. The molecular weight excluding hydrogens is 484 g/mol. The number of hydrogen-bond acceptors (Lipinski definition) is 3. The Hall–Kier alpha value is -3.26. The van der Waals surface area contributed by atoms with E-state index in [1.807, 2.05) is 70.3 Å². The number of aromatic amines is 2. The molecule has 2 aromatic carbocycles. The molecule has 0 aliphatic rings. The van der Waals surface area contributed by atoms with Gasteiger partial charge in [-0.25, -0.2) is 4.79 Å². The number of benzene rings is 2. The smallest absolute Gasteiger partial charge is 0.407 e. The molecule has 2 amide bonds. The lowest BCUT2D eigenvalue weighted by molar-refractivity contribution is 0.0520. The zero-order chi connectivity index (χ0) is 23.8. The lowest BCUT2D eigenvalue weighted by Crippen LogP contribution is -2.40. The molecule has 0 fully saturated rings. The SMILES string of the molecule is Cc1ccc2c(C(=O)NC(CNC(=O)OC(C)(C)C)c3c[nH]c4cc(Br)ccc34)c[nH]c2c1. The molecule has 4 N–H and O–H groups in total. The molecule has 172 valence electrons. The van der Waals surface area contributed by atoms with Gasteiger partial charge in [-0.1, -0.05) is 34.1 Å². The molecule has 1 atom stereocenters. The van der Waals surface area contributed by atoms with Gasteiger partial charge in [0.25, 0.3) is 5.91 Å². The lowest BCUT2D eigenvalue weighted by Gasteiger charge is -2.22. The van der Waals surface area contributed by atoms with E-state index >= 15 is 0 Å². The van der Waals surface area contributed by atoms with Crippen LogP contribution in [0.3, 0.4) is 0 Å². The fourth-order valence-corrected chi connectivity index (χ4v) is 4.17. The fourth-order valence-electron chi connectivity index (χ4n) is 3.81. The van der Waals surface area contributed by atoms with E-state index in [-0.39, 0.29) is 12.5 Å². The summed E-state index contributed by atoms with van der Waals surface area (Å²) in [5.74, 6) is -0.229. The van der Waals surface area contributed by atoms with Crippen molar-refractivity contribution in [2.24, 2.45) is 0 Å². The lowest BCUT2D eigenvalue weighted by atomic mass is 10.0. The normalized spacial score (nSPS) is 12.6. The molecule has 0 aliphatic carbocycles. The second kappa shape index (κ2) is 8.94. The van der Waals surface area contributed by atoms with Crippen LogP contribution in [0.5, 0.6) is 0 Å². The van der Waals surface area contributed by atoms with E-state index in [0.29, 0.717) is 5.56 Å². The number of fused-ring (bicyclic) bond motifs is 2. The van der Waals surface area contributed by atoms with Gasteiger partial charge >= 0.3 is 6.09 Å². The van der Waals surface area contributed by atoms with Gasteiger partial charge in [-0.15, -0.1) is 0 Å². The first-order chi connectivity index (χ1) is 15.6. The van der Waals surface area contributed by atoms with Gasteiger partial charge in [0.15, 0.2) is 0 Å². The zero-order valence-corrected chi connectivity index (χ0v) is 20.6. The van der Waals surface area contributed by atoms with Gasteiger partial charge in [-0.3, -0.25) is 4.79 Å². The zero-order valence-electron chi connectivity index (χ0n) is 19.0. The molecule has 7 nitrogen and oxygen atoms in total. The number of rotatable bonds is 5. The maximum Gasteiger partial charge on any atom is 0.407 e. The van der Waals surface area contributed by atoms with Crippen LogP contribution in [-0.4, -0.2) is 34.1 Å². The van der Waals surface area contributed by atoms with Gasteiger partial charge < -0.3 is 25.3 Å². The number of carbonyl (C=O) groups is 2. The predicted octanol–water partition coefficient (Wildman–Crippen LogP) is 5.72. The van der Waals surface area contributed by atoms with E-state index in [1.165, 1.54) is 0 Å². The van der Waals surface area contributed by atoms with Crippen LogP contribution in [0.4, 0.5) is 4.79 Å². The summed E-state index contributed by atoms with van der Waals surface area (Å²) in [6, 6.07) is 11.3. The second-order valence-electron chi connectivity index (χ2n) is 9.09. The van der Waals surface area contributed by atoms with Crippen LogP contribution in [0.25, 0.3) is 21.8 Å². The van der Waals surface area contributed by atoms with Gasteiger partial charge in [0, 0.05) is 50.8 Å². The minimum atomic E-state index is -0.613. The highest BCUT2D eigenvalue weighted by Crippen LogP contribution is 2.28. The van der Waals surface area contributed by atoms with Crippen molar-refractivity contribution in [3.8, 4) is 0 Å². The van der Waals surface area contributed by atoms with Crippen molar-refractivity contribution in [3.63, 3.8) is 0 Å². The Bertz CT molecular complexity index is 1330. The Balaban J connectivity index is 1.62. The number of aromatic nitrogens is 2. The Morgan fingerprint density at radius 3 is 2.48 bits per heavy atom. The number of hydrogen-bond donors (Lipinski definition) is 4. The van der Waals surface area contributed by atoms with E-state index in [9.17, 15) is 9.59 Å². The molecule has 4 aromatic rings. The molecule has 0 saturated heterocycles. The average Bonchev–Trinajstić information content (AvgIpc) is 3.33. The van der Waals surface area contributed by atoms with E-state index in [4.69, 9.17) is 4.74 Å². The third-order valence-electron chi connectivity index (χ3n) is 5.29. The van der Waals surface area contributed by atoms with E-state index < -0.39 is 17.7 Å². The van der Waals surface area contributed by atoms with Gasteiger partial charge in [0.05, 0.1) is 11.6 Å². The highest BCUT2D eigenvalue weighted by Gasteiger charge is 2.23. The molecule has 0 aliphatic heterocycles. The number of alkyl carbamates (subject to hydrolysis) is 1. The average molecular weight is 511 g/mol. The third-order valence-corrected chi connectivity index (χ3v) is 5.78. The van der Waals surface area contributed by atoms with Crippen LogP contribution in [0.2, 0.25) is 0 Å². The summed E-state index contributed by atoms with van der Waals surface area (Å²) in [5.41, 5.74) is 3.75. The quantitative estimate of drug-likeness (QED) is 0.276. The highest BCUT2D eigenvalue weighted by atomic mass is 79.9. The predicted molar refractivity (Wildman–Crippen MR) is 133 cm³/mol. The highest BCUT2D eigenvalue weighted by molar-refractivity contribution is 9.10. The Morgan fingerprint density at radius 2 is 1.73 bits per heavy atom. The monoisotopic (exact) mass is 510 g/mol. The van der Waals surface area contributed by atoms with Crippen LogP contribution in [-0.2, 0) is 4.74 Å². The minimum absolute atomic E-state index is 0.172. The topological polar surface area (TPSA) is 99.0 Å². The van der Waals surface area contributed by atoms with Crippen LogP contribution < -0.4 is 10.6 Å². The number of carbonyl (C=O) groups excluding carboxylic acids is 2. The summed E-state index contributed by atoms with van der Waals surface area (Å²) < 4.78 is 6.32. The minimum Gasteiger partial charge on any atom is -0.444 e. The van der Waals surface area contributed by atoms with Gasteiger partial charge in [-0.2, -0.15) is 0 Å². The standard InChI is InChI=1S/C25H27BrN4O3/c1-14-5-7-17-19(12-28-20(17)9-14)23(31)30-22(13-29-24(32)33-25(2,3)4)18-11-27-21-10-15(26)6-8-16(18)21/h5-12,22,27-28H,13H2,1-4H3,(H,29,32)(H,30,31). The molecule has 33 heavy (non-hydrogen) atoms. The summed E-state index contributed by atoms with van der Waals surface area (Å²) in [6.45, 7) is 7.60. The van der Waals surface area contributed by atoms with Crippen LogP contribution >= 0.6 is 15.9 Å². The molecule has 4 rings (SSSR count). The van der Waals surface area contributed by atoms with Crippen LogP contribution in [0.1, 0.15) is 48.3 Å². The van der Waals surface area contributed by atoms with Crippen molar-refractivity contribution < 1.29 is 14.3 Å². The first-order valence-electron chi connectivity index (χ1n) is 10.7. The summed E-state index contributed by atoms with van der Waals surface area (Å²) in [7, 11) is 0. The van der Waals surface area contributed by atoms with Crippen LogP contribution in [0.15, 0.2) is 53.3 Å². The first kappa shape index (κ1) is 22.9. The van der Waals surface area contributed by atoms with Crippen molar-refractivity contribution in [1.82, 2.24) is 20.6 Å². The molecule has 8 heteroatoms. The van der Waals surface area contributed by atoms with Gasteiger partial charge in [0.2, 0.25) is 0 Å². The van der Waals surface area contributed by atoms with E-state index in [2.05, 4.69) is 36.5 Å². The number of aryl methyl sites for hydroxylation is 1. The molecule has 2 heterocycles. The van der Waals surface area contributed by atoms with Crippen LogP contribution in [0, 0.1) is 6.92 Å². The molecule has 1 unspecified atom stereocenters. The Morgan fingerprint density at radius 1 is 1.03 bits per heavy atom. The molecule has 0 bridgehead atoms. The largest absolute Gasteiger partial charge is 0.444 e. The van der Waals surface area contributed by atoms with Crippen molar-refractivity contribution in [2.45, 2.75) is 39.3 Å². The summed E-state index contributed by atoms with van der Waals surface area (Å²) >= 11 is 3.48. The van der Waals surface area contributed by atoms with E-state index in [0.717, 1.165) is 37.4 Å². The summed E-state index contributed by atoms with van der Waals surface area (Å²) in [5, 5.41) is 7.69. The number of H-pyrrole nitrogens is 2. The third kappa shape index (κ3) is 5.22. The molecule has 0 spiro atoms. The van der Waals surface area contributed by atoms with Gasteiger partial charge in [-0.05, 0) is 51.5 Å². The van der Waals surface area contributed by atoms with Crippen molar-refractivity contribution in [1.29, 1.82) is 0 Å². The number of halogens is 1. The summed E-state index contributed by atoms with van der Waals surface area (Å²) in [4.78, 5) is 32.0. The molecule has 2 aromatic heterocycles. The van der Waals surface area contributed by atoms with Gasteiger partial charge in [0.1, 0.15) is 5.60 Å². The first-order valence-corrected chi connectivity index (χ1v) is 11.5. The molecular formula is C25H27BrN4O3. The fraction of sp³-hybridized carbons (Fsp3) is 0.280. The Labute approximate surface area is 200 Å². The maximum atomic E-state index is 13.3. The molecule has 0 saturated carbocycles. The molecule has 0 radical (unpaired) electrons. The van der Waals surface area contributed by atoms with E-state index in [1.54, 1.807) is 6.20 Å². The van der Waals surface area contributed by atoms with Crippen molar-refractivity contribution in [2.75, 3.05) is 6.54 Å². The second-order valence-corrected chi connectivity index (χ2v) is 10.0. The summed E-state index contributed by atoms with van der Waals surface area (Å²) in [6.07, 6.45) is 3.04.